The molecule has 0 bridgehead atoms. The molecule has 0 radical (unpaired) electrons. The van der Waals surface area contributed by atoms with Crippen LogP contribution < -0.4 is 5.32 Å². The fourth-order valence-corrected chi connectivity index (χ4v) is 1.60. The van der Waals surface area contributed by atoms with Crippen LogP contribution in [0.5, 0.6) is 0 Å². The Kier molecular flexibility index (Phi) is 5.62. The molecule has 100 valence electrons. The maximum absolute atomic E-state index is 12.1. The summed E-state index contributed by atoms with van der Waals surface area (Å²) in [6, 6.07) is 3.72. The molecule has 0 aromatic carbocycles. The molecule has 1 amide bonds. The number of nitrogens with zero attached hydrogens (tertiary/aromatic N) is 2. The van der Waals surface area contributed by atoms with Gasteiger partial charge in [0, 0.05) is 31.4 Å². The van der Waals surface area contributed by atoms with Crippen LogP contribution >= 0.6 is 0 Å². The monoisotopic (exact) mass is 249 g/mol. The second-order valence-electron chi connectivity index (χ2n) is 4.33. The van der Waals surface area contributed by atoms with Crippen molar-refractivity contribution in [3.63, 3.8) is 0 Å². The average molecular weight is 249 g/mol. The van der Waals surface area contributed by atoms with E-state index in [0.29, 0.717) is 12.1 Å². The van der Waals surface area contributed by atoms with E-state index in [9.17, 15) is 4.79 Å². The highest BCUT2D eigenvalue weighted by Gasteiger charge is 2.12. The van der Waals surface area contributed by atoms with E-state index in [0.717, 1.165) is 30.9 Å². The predicted octanol–water partition coefficient (Wildman–Crippen LogP) is 2.56. The van der Waals surface area contributed by atoms with Crippen molar-refractivity contribution in [1.82, 2.24) is 9.88 Å². The van der Waals surface area contributed by atoms with Gasteiger partial charge in [-0.1, -0.05) is 13.8 Å². The topological polar surface area (TPSA) is 45.2 Å². The maximum atomic E-state index is 12.1. The molecule has 0 saturated heterocycles. The molecule has 0 aliphatic carbocycles. The summed E-state index contributed by atoms with van der Waals surface area (Å²) in [6.45, 7) is 7.70. The molecular formula is C14H23N3O. The number of rotatable bonds is 6. The first-order valence-electron chi connectivity index (χ1n) is 6.62. The molecule has 0 unspecified atom stereocenters. The summed E-state index contributed by atoms with van der Waals surface area (Å²) in [4.78, 5) is 18.3. The molecule has 4 heteroatoms. The highest BCUT2D eigenvalue weighted by molar-refractivity contribution is 5.94. The summed E-state index contributed by atoms with van der Waals surface area (Å²) >= 11 is 0. The Balaban J connectivity index is 2.99. The van der Waals surface area contributed by atoms with Crippen molar-refractivity contribution in [1.29, 1.82) is 0 Å². The number of amides is 1. The van der Waals surface area contributed by atoms with Crippen LogP contribution in [0.2, 0.25) is 0 Å². The SMILES string of the molecule is CCCNc1cc(C(=O)N(C)CC)cc(CC)n1. The summed E-state index contributed by atoms with van der Waals surface area (Å²) < 4.78 is 0. The number of carbonyl (C=O) groups excluding carboxylic acids is 1. The van der Waals surface area contributed by atoms with Crippen molar-refractivity contribution in [3.05, 3.63) is 23.4 Å². The second kappa shape index (κ2) is 6.99. The van der Waals surface area contributed by atoms with Crippen molar-refractivity contribution in [2.45, 2.75) is 33.6 Å². The summed E-state index contributed by atoms with van der Waals surface area (Å²) in [5, 5.41) is 3.24. The van der Waals surface area contributed by atoms with Gasteiger partial charge in [-0.2, -0.15) is 0 Å². The molecule has 0 spiro atoms. The normalized spacial score (nSPS) is 10.2. The van der Waals surface area contributed by atoms with Crippen LogP contribution in [0.25, 0.3) is 0 Å². The first-order valence-corrected chi connectivity index (χ1v) is 6.62. The Hall–Kier alpha value is -1.58. The van der Waals surface area contributed by atoms with Gasteiger partial charge in [-0.05, 0) is 31.9 Å². The van der Waals surface area contributed by atoms with Gasteiger partial charge in [-0.25, -0.2) is 4.98 Å². The third-order valence-corrected chi connectivity index (χ3v) is 2.86. The number of hydrogen-bond acceptors (Lipinski definition) is 3. The van der Waals surface area contributed by atoms with Crippen molar-refractivity contribution >= 4 is 11.7 Å². The molecule has 18 heavy (non-hydrogen) atoms. The van der Waals surface area contributed by atoms with Crippen LogP contribution in [0.4, 0.5) is 5.82 Å². The van der Waals surface area contributed by atoms with Crippen LogP contribution in [-0.2, 0) is 6.42 Å². The van der Waals surface area contributed by atoms with Gasteiger partial charge in [0.1, 0.15) is 5.82 Å². The number of pyridine rings is 1. The zero-order valence-electron chi connectivity index (χ0n) is 11.8. The van der Waals surface area contributed by atoms with Gasteiger partial charge < -0.3 is 10.2 Å². The standard InChI is InChI=1S/C14H23N3O/c1-5-8-15-13-10-11(9-12(6-2)16-13)14(18)17(4)7-3/h9-10H,5-8H2,1-4H3,(H,15,16). The Morgan fingerprint density at radius 1 is 1.33 bits per heavy atom. The van der Waals surface area contributed by atoms with Gasteiger partial charge in [-0.3, -0.25) is 4.79 Å². The summed E-state index contributed by atoms with van der Waals surface area (Å²) in [5.74, 6) is 0.846. The van der Waals surface area contributed by atoms with Crippen molar-refractivity contribution in [2.75, 3.05) is 25.5 Å². The summed E-state index contributed by atoms with van der Waals surface area (Å²) in [5.41, 5.74) is 1.66. The average Bonchev–Trinajstić information content (AvgIpc) is 2.42. The number of nitrogens with one attached hydrogen (secondary N) is 1. The zero-order chi connectivity index (χ0) is 13.5. The molecule has 1 heterocycles. The Labute approximate surface area is 109 Å². The maximum Gasteiger partial charge on any atom is 0.253 e. The zero-order valence-corrected chi connectivity index (χ0v) is 11.8. The Morgan fingerprint density at radius 2 is 2.06 bits per heavy atom. The predicted molar refractivity (Wildman–Crippen MR) is 75.0 cm³/mol. The van der Waals surface area contributed by atoms with E-state index in [1.165, 1.54) is 0 Å². The lowest BCUT2D eigenvalue weighted by atomic mass is 10.1. The third-order valence-electron chi connectivity index (χ3n) is 2.86. The van der Waals surface area contributed by atoms with Crippen molar-refractivity contribution in [3.8, 4) is 0 Å². The van der Waals surface area contributed by atoms with Gasteiger partial charge in [0.25, 0.3) is 5.91 Å². The molecule has 0 saturated carbocycles. The van der Waals surface area contributed by atoms with E-state index in [2.05, 4.69) is 17.2 Å². The highest BCUT2D eigenvalue weighted by atomic mass is 16.2. The molecular weight excluding hydrogens is 226 g/mol. The lowest BCUT2D eigenvalue weighted by Crippen LogP contribution is -2.26. The second-order valence-corrected chi connectivity index (χ2v) is 4.33. The number of anilines is 1. The molecule has 1 N–H and O–H groups in total. The highest BCUT2D eigenvalue weighted by Crippen LogP contribution is 2.13. The number of hydrogen-bond donors (Lipinski definition) is 1. The van der Waals surface area contributed by atoms with Crippen LogP contribution in [-0.4, -0.2) is 35.9 Å². The molecule has 0 fully saturated rings. The lowest BCUT2D eigenvalue weighted by molar-refractivity contribution is 0.0802. The van der Waals surface area contributed by atoms with E-state index < -0.39 is 0 Å². The van der Waals surface area contributed by atoms with Gasteiger partial charge in [-0.15, -0.1) is 0 Å². The minimum absolute atomic E-state index is 0.0501. The Bertz CT molecular complexity index is 404. The fraction of sp³-hybridized carbons (Fsp3) is 0.571. The number of aromatic nitrogens is 1. The smallest absolute Gasteiger partial charge is 0.253 e. The third kappa shape index (κ3) is 3.72. The largest absolute Gasteiger partial charge is 0.370 e. The van der Waals surface area contributed by atoms with Gasteiger partial charge >= 0.3 is 0 Å². The number of carbonyl (C=O) groups is 1. The van der Waals surface area contributed by atoms with Crippen LogP contribution in [0.1, 0.15) is 43.2 Å². The molecule has 1 rings (SSSR count). The minimum atomic E-state index is 0.0501. The van der Waals surface area contributed by atoms with E-state index in [1.54, 1.807) is 4.90 Å². The van der Waals surface area contributed by atoms with E-state index in [4.69, 9.17) is 0 Å². The molecule has 0 aliphatic heterocycles. The molecule has 4 nitrogen and oxygen atoms in total. The molecule has 0 aliphatic rings. The molecule has 0 atom stereocenters. The van der Waals surface area contributed by atoms with E-state index in [1.807, 2.05) is 33.0 Å². The summed E-state index contributed by atoms with van der Waals surface area (Å²) in [6.07, 6.45) is 1.87. The fourth-order valence-electron chi connectivity index (χ4n) is 1.60. The number of aryl methyl sites for hydroxylation is 1. The van der Waals surface area contributed by atoms with Crippen LogP contribution in [0.15, 0.2) is 12.1 Å². The van der Waals surface area contributed by atoms with Crippen LogP contribution in [0, 0.1) is 0 Å². The van der Waals surface area contributed by atoms with E-state index >= 15 is 0 Å². The van der Waals surface area contributed by atoms with Gasteiger partial charge in [0.05, 0.1) is 0 Å². The minimum Gasteiger partial charge on any atom is -0.370 e. The van der Waals surface area contributed by atoms with Gasteiger partial charge in [0.2, 0.25) is 0 Å². The first kappa shape index (κ1) is 14.5. The molecule has 1 aromatic heterocycles. The lowest BCUT2D eigenvalue weighted by Gasteiger charge is -2.16. The quantitative estimate of drug-likeness (QED) is 0.842. The molecule has 1 aromatic rings. The van der Waals surface area contributed by atoms with Crippen LogP contribution in [0.3, 0.4) is 0 Å². The first-order chi connectivity index (χ1) is 8.62. The summed E-state index contributed by atoms with van der Waals surface area (Å²) in [7, 11) is 1.81. The van der Waals surface area contributed by atoms with E-state index in [-0.39, 0.29) is 5.91 Å². The Morgan fingerprint density at radius 3 is 2.61 bits per heavy atom. The van der Waals surface area contributed by atoms with Gasteiger partial charge in [0.15, 0.2) is 0 Å². The van der Waals surface area contributed by atoms with Crippen molar-refractivity contribution < 1.29 is 4.79 Å². The van der Waals surface area contributed by atoms with Crippen molar-refractivity contribution in [2.24, 2.45) is 0 Å².